The Bertz CT molecular complexity index is 1070. The number of hydrogen-bond acceptors (Lipinski definition) is 7. The molecule has 0 aliphatic carbocycles. The maximum Gasteiger partial charge on any atom is 0.244 e. The normalized spacial score (nSPS) is 11.4. The third-order valence-electron chi connectivity index (χ3n) is 3.78. The van der Waals surface area contributed by atoms with Crippen molar-refractivity contribution >= 4 is 31.8 Å². The summed E-state index contributed by atoms with van der Waals surface area (Å²) in [5.74, 6) is 2.10. The van der Waals surface area contributed by atoms with Gasteiger partial charge in [-0.15, -0.1) is 0 Å². The second-order valence-corrected chi connectivity index (χ2v) is 8.61. The van der Waals surface area contributed by atoms with E-state index in [0.717, 1.165) is 0 Å². The molecule has 0 saturated heterocycles. The van der Waals surface area contributed by atoms with E-state index in [1.165, 1.54) is 6.07 Å². The van der Waals surface area contributed by atoms with Crippen LogP contribution in [0.1, 0.15) is 12.7 Å². The van der Waals surface area contributed by atoms with Crippen molar-refractivity contribution in [2.75, 3.05) is 25.0 Å². The first kappa shape index (κ1) is 21.2. The molecule has 0 aliphatic rings. The number of nitrogens with zero attached hydrogens (tertiary/aromatic N) is 4. The average molecular weight is 481 g/mol. The highest BCUT2D eigenvalue weighted by Crippen LogP contribution is 2.27. The lowest BCUT2D eigenvalue weighted by Gasteiger charge is -2.13. The van der Waals surface area contributed by atoms with Gasteiger partial charge in [0, 0.05) is 36.0 Å². The lowest BCUT2D eigenvalue weighted by molar-refractivity contribution is 0.331. The molecule has 0 spiro atoms. The van der Waals surface area contributed by atoms with Gasteiger partial charge in [0.05, 0.1) is 6.61 Å². The van der Waals surface area contributed by atoms with Crippen LogP contribution < -0.4 is 14.8 Å². The predicted molar refractivity (Wildman–Crippen MR) is 113 cm³/mol. The molecule has 1 aromatic carbocycles. The summed E-state index contributed by atoms with van der Waals surface area (Å²) in [5, 5.41) is 7.26. The number of aryl methyl sites for hydroxylation is 1. The first-order chi connectivity index (χ1) is 13.9. The Kier molecular flexibility index (Phi) is 6.83. The van der Waals surface area contributed by atoms with Gasteiger partial charge >= 0.3 is 0 Å². The van der Waals surface area contributed by atoms with Gasteiger partial charge in [0.2, 0.25) is 10.0 Å². The van der Waals surface area contributed by atoms with Gasteiger partial charge < -0.3 is 10.1 Å². The maximum absolute atomic E-state index is 12.7. The molecule has 9 nitrogen and oxygen atoms in total. The summed E-state index contributed by atoms with van der Waals surface area (Å²) >= 11 is 3.30. The molecule has 29 heavy (non-hydrogen) atoms. The number of nitrogens with one attached hydrogen (secondary N) is 2. The van der Waals surface area contributed by atoms with Crippen LogP contribution in [-0.4, -0.2) is 47.9 Å². The van der Waals surface area contributed by atoms with Crippen LogP contribution in [0.25, 0.3) is 5.82 Å². The molecule has 3 rings (SSSR count). The second-order valence-electron chi connectivity index (χ2n) is 5.96. The summed E-state index contributed by atoms with van der Waals surface area (Å²) in [7, 11) is -3.73. The van der Waals surface area contributed by atoms with Gasteiger partial charge in [0.15, 0.2) is 5.82 Å². The minimum Gasteiger partial charge on any atom is -0.492 e. The highest BCUT2D eigenvalue weighted by atomic mass is 79.9. The predicted octanol–water partition coefficient (Wildman–Crippen LogP) is 2.52. The minimum absolute atomic E-state index is 0.0903. The van der Waals surface area contributed by atoms with Crippen LogP contribution in [0, 0.1) is 6.92 Å². The van der Waals surface area contributed by atoms with Crippen molar-refractivity contribution in [3.63, 3.8) is 0 Å². The Morgan fingerprint density at radius 1 is 1.21 bits per heavy atom. The Morgan fingerprint density at radius 3 is 2.76 bits per heavy atom. The molecule has 154 valence electrons. The summed E-state index contributed by atoms with van der Waals surface area (Å²) in [4.78, 5) is 8.75. The van der Waals surface area contributed by atoms with Crippen LogP contribution in [0.4, 0.5) is 5.82 Å². The monoisotopic (exact) mass is 480 g/mol. The Labute approximate surface area is 177 Å². The molecule has 2 heterocycles. The van der Waals surface area contributed by atoms with Crippen molar-refractivity contribution in [1.29, 1.82) is 0 Å². The van der Waals surface area contributed by atoms with Gasteiger partial charge in [0.25, 0.3) is 0 Å². The number of rotatable bonds is 9. The SMILES string of the molecule is CCOc1ccc(Br)cc1S(=O)(=O)NCCNc1cc(-n2cccn2)nc(C)n1. The van der Waals surface area contributed by atoms with Crippen molar-refractivity contribution in [2.24, 2.45) is 0 Å². The smallest absolute Gasteiger partial charge is 0.244 e. The van der Waals surface area contributed by atoms with Crippen LogP contribution in [0.15, 0.2) is 52.1 Å². The highest BCUT2D eigenvalue weighted by Gasteiger charge is 2.19. The number of halogens is 1. The zero-order chi connectivity index (χ0) is 20.9. The number of ether oxygens (including phenoxy) is 1. The summed E-state index contributed by atoms with van der Waals surface area (Å²) in [5.41, 5.74) is 0. The Morgan fingerprint density at radius 2 is 2.03 bits per heavy atom. The van der Waals surface area contributed by atoms with E-state index in [1.54, 1.807) is 55.2 Å². The highest BCUT2D eigenvalue weighted by molar-refractivity contribution is 9.10. The molecule has 11 heteroatoms. The van der Waals surface area contributed by atoms with Crippen LogP contribution >= 0.6 is 15.9 Å². The molecule has 0 fully saturated rings. The van der Waals surface area contributed by atoms with E-state index in [1.807, 2.05) is 0 Å². The third kappa shape index (κ3) is 5.52. The molecule has 0 amide bonds. The van der Waals surface area contributed by atoms with E-state index in [2.05, 4.69) is 41.0 Å². The van der Waals surface area contributed by atoms with Gasteiger partial charge in [-0.2, -0.15) is 5.10 Å². The van der Waals surface area contributed by atoms with Crippen molar-refractivity contribution < 1.29 is 13.2 Å². The van der Waals surface area contributed by atoms with Crippen molar-refractivity contribution in [2.45, 2.75) is 18.7 Å². The number of hydrogen-bond donors (Lipinski definition) is 2. The fraction of sp³-hybridized carbons (Fsp3) is 0.278. The second kappa shape index (κ2) is 9.33. The summed E-state index contributed by atoms with van der Waals surface area (Å²) in [6.45, 7) is 4.46. The van der Waals surface area contributed by atoms with Gasteiger partial charge in [-0.3, -0.25) is 0 Å². The fourth-order valence-electron chi connectivity index (χ4n) is 2.58. The Hall–Kier alpha value is -2.50. The molecule has 0 saturated carbocycles. The number of sulfonamides is 1. The van der Waals surface area contributed by atoms with Crippen molar-refractivity contribution in [3.8, 4) is 11.6 Å². The van der Waals surface area contributed by atoms with Crippen LogP contribution in [-0.2, 0) is 10.0 Å². The number of anilines is 1. The standard InChI is InChI=1S/C18H21BrN6O3S/c1-3-28-15-6-5-14(19)11-16(15)29(26,27)22-9-8-20-17-12-18(24-13(2)23-17)25-10-4-7-21-25/h4-7,10-12,22H,3,8-9H2,1-2H3,(H,20,23,24). The molecule has 0 unspecified atom stereocenters. The summed E-state index contributed by atoms with van der Waals surface area (Å²) in [6.07, 6.45) is 3.45. The molecule has 0 bridgehead atoms. The number of benzene rings is 1. The van der Waals surface area contributed by atoms with E-state index in [9.17, 15) is 8.42 Å². The zero-order valence-electron chi connectivity index (χ0n) is 16.0. The van der Waals surface area contributed by atoms with Gasteiger partial charge in [-0.05, 0) is 38.1 Å². The minimum atomic E-state index is -3.73. The number of aromatic nitrogens is 4. The molecular formula is C18H21BrN6O3S. The van der Waals surface area contributed by atoms with E-state index < -0.39 is 10.0 Å². The summed E-state index contributed by atoms with van der Waals surface area (Å²) < 4.78 is 35.7. The first-order valence-corrected chi connectivity index (χ1v) is 11.2. The van der Waals surface area contributed by atoms with Crippen molar-refractivity contribution in [3.05, 3.63) is 53.0 Å². The molecular weight excluding hydrogens is 460 g/mol. The lowest BCUT2D eigenvalue weighted by Crippen LogP contribution is -2.29. The third-order valence-corrected chi connectivity index (χ3v) is 5.76. The van der Waals surface area contributed by atoms with E-state index >= 15 is 0 Å². The molecule has 0 aliphatic heterocycles. The molecule has 0 atom stereocenters. The maximum atomic E-state index is 12.7. The lowest BCUT2D eigenvalue weighted by atomic mass is 10.3. The quantitative estimate of drug-likeness (QED) is 0.452. The van der Waals surface area contributed by atoms with Crippen LogP contribution in [0.2, 0.25) is 0 Å². The molecule has 0 radical (unpaired) electrons. The van der Waals surface area contributed by atoms with Crippen LogP contribution in [0.3, 0.4) is 0 Å². The van der Waals surface area contributed by atoms with Gasteiger partial charge in [-0.25, -0.2) is 27.8 Å². The molecule has 3 aromatic rings. The molecule has 2 aromatic heterocycles. The fourth-order valence-corrected chi connectivity index (χ4v) is 4.30. The van der Waals surface area contributed by atoms with Gasteiger partial charge in [0.1, 0.15) is 22.3 Å². The summed E-state index contributed by atoms with van der Waals surface area (Å²) in [6, 6.07) is 8.43. The first-order valence-electron chi connectivity index (χ1n) is 8.90. The average Bonchev–Trinajstić information content (AvgIpc) is 3.21. The Balaban J connectivity index is 1.64. The van der Waals surface area contributed by atoms with E-state index in [4.69, 9.17) is 4.74 Å². The van der Waals surface area contributed by atoms with Gasteiger partial charge in [-0.1, -0.05) is 15.9 Å². The topological polar surface area (TPSA) is 111 Å². The largest absolute Gasteiger partial charge is 0.492 e. The zero-order valence-corrected chi connectivity index (χ0v) is 18.4. The van der Waals surface area contributed by atoms with Crippen LogP contribution in [0.5, 0.6) is 5.75 Å². The van der Waals surface area contributed by atoms with E-state index in [0.29, 0.717) is 40.8 Å². The van der Waals surface area contributed by atoms with Crippen molar-refractivity contribution in [1.82, 2.24) is 24.5 Å². The van der Waals surface area contributed by atoms with E-state index in [-0.39, 0.29) is 11.4 Å². The molecule has 2 N–H and O–H groups in total.